The maximum absolute atomic E-state index is 3.73. The lowest BCUT2D eigenvalue weighted by molar-refractivity contribution is 1.41. The molecular formula is C11H16. The zero-order valence-corrected chi connectivity index (χ0v) is 7.59. The van der Waals surface area contributed by atoms with Gasteiger partial charge in [0, 0.05) is 0 Å². The van der Waals surface area contributed by atoms with Crippen LogP contribution in [-0.4, -0.2) is 0 Å². The standard InChI is InChI=1S/C11H16/c1-5-8-9-10(4)11(6-2)7-3/h5-9H,2H2,1,3-4H3/b8-5-,10-9-,11-7-. The predicted octanol–water partition coefficient (Wildman–Crippen LogP) is 3.64. The van der Waals surface area contributed by atoms with Crippen LogP contribution >= 0.6 is 0 Å². The Morgan fingerprint density at radius 1 is 1.27 bits per heavy atom. The average Bonchev–Trinajstić information content (AvgIpc) is 2.03. The van der Waals surface area contributed by atoms with E-state index in [1.54, 1.807) is 0 Å². The van der Waals surface area contributed by atoms with Gasteiger partial charge in [-0.25, -0.2) is 0 Å². The summed E-state index contributed by atoms with van der Waals surface area (Å²) in [6.45, 7) is 9.83. The van der Waals surface area contributed by atoms with Crippen molar-refractivity contribution in [3.63, 3.8) is 0 Å². The molecule has 0 aromatic heterocycles. The second-order valence-electron chi connectivity index (χ2n) is 2.32. The molecule has 0 N–H and O–H groups in total. The van der Waals surface area contributed by atoms with Gasteiger partial charge in [0.15, 0.2) is 0 Å². The molecule has 0 amide bonds. The summed E-state index contributed by atoms with van der Waals surface area (Å²) in [5.74, 6) is 0. The van der Waals surface area contributed by atoms with Gasteiger partial charge in [-0.1, -0.05) is 37.0 Å². The number of rotatable bonds is 3. The van der Waals surface area contributed by atoms with Gasteiger partial charge in [0.1, 0.15) is 0 Å². The van der Waals surface area contributed by atoms with Crippen LogP contribution in [0.5, 0.6) is 0 Å². The lowest BCUT2D eigenvalue weighted by Crippen LogP contribution is -1.77. The van der Waals surface area contributed by atoms with E-state index < -0.39 is 0 Å². The fraction of sp³-hybridized carbons (Fsp3) is 0.273. The quantitative estimate of drug-likeness (QED) is 0.536. The Balaban J connectivity index is 4.44. The summed E-state index contributed by atoms with van der Waals surface area (Å²) in [6.07, 6.45) is 10.1. The molecule has 0 saturated heterocycles. The van der Waals surface area contributed by atoms with Gasteiger partial charge in [-0.3, -0.25) is 0 Å². The SMILES string of the molecule is C=CC(=C/C)/C(C)=C\C=C/C. The van der Waals surface area contributed by atoms with Crippen molar-refractivity contribution in [3.8, 4) is 0 Å². The highest BCUT2D eigenvalue weighted by atomic mass is 13.9. The molecule has 0 heterocycles. The van der Waals surface area contributed by atoms with Crippen LogP contribution in [0.3, 0.4) is 0 Å². The molecule has 0 saturated carbocycles. The first-order chi connectivity index (χ1) is 5.26. The first-order valence-electron chi connectivity index (χ1n) is 3.85. The van der Waals surface area contributed by atoms with E-state index in [9.17, 15) is 0 Å². The Labute approximate surface area is 69.6 Å². The van der Waals surface area contributed by atoms with Crippen molar-refractivity contribution in [2.45, 2.75) is 20.8 Å². The Kier molecular flexibility index (Phi) is 5.18. The molecule has 0 spiro atoms. The number of hydrogen-bond donors (Lipinski definition) is 0. The maximum atomic E-state index is 3.73. The van der Waals surface area contributed by atoms with Gasteiger partial charge in [-0.15, -0.1) is 0 Å². The number of allylic oxidation sites excluding steroid dienone is 7. The van der Waals surface area contributed by atoms with Crippen molar-refractivity contribution >= 4 is 0 Å². The molecule has 0 radical (unpaired) electrons. The maximum Gasteiger partial charge on any atom is -0.0276 e. The molecule has 0 unspecified atom stereocenters. The lowest BCUT2D eigenvalue weighted by atomic mass is 10.1. The molecule has 0 bridgehead atoms. The molecule has 11 heavy (non-hydrogen) atoms. The third kappa shape index (κ3) is 3.61. The van der Waals surface area contributed by atoms with Gasteiger partial charge in [-0.2, -0.15) is 0 Å². The van der Waals surface area contributed by atoms with Crippen LogP contribution in [-0.2, 0) is 0 Å². The topological polar surface area (TPSA) is 0 Å². The lowest BCUT2D eigenvalue weighted by Gasteiger charge is -1.97. The minimum Gasteiger partial charge on any atom is -0.0985 e. The van der Waals surface area contributed by atoms with E-state index in [4.69, 9.17) is 0 Å². The summed E-state index contributed by atoms with van der Waals surface area (Å²) in [5, 5.41) is 0. The zero-order valence-electron chi connectivity index (χ0n) is 7.59. The Morgan fingerprint density at radius 2 is 1.91 bits per heavy atom. The molecule has 0 atom stereocenters. The Bertz CT molecular complexity index is 202. The monoisotopic (exact) mass is 148 g/mol. The molecule has 0 nitrogen and oxygen atoms in total. The molecule has 0 aliphatic carbocycles. The minimum absolute atomic E-state index is 1.20. The van der Waals surface area contributed by atoms with E-state index in [1.807, 2.05) is 32.1 Å². The fourth-order valence-corrected chi connectivity index (χ4v) is 0.843. The summed E-state index contributed by atoms with van der Waals surface area (Å²) >= 11 is 0. The third-order valence-corrected chi connectivity index (χ3v) is 1.52. The Morgan fingerprint density at radius 3 is 2.27 bits per heavy atom. The smallest absolute Gasteiger partial charge is 0.0276 e. The summed E-state index contributed by atoms with van der Waals surface area (Å²) in [6, 6.07) is 0. The summed E-state index contributed by atoms with van der Waals surface area (Å²) in [4.78, 5) is 0. The first kappa shape index (κ1) is 9.96. The highest BCUT2D eigenvalue weighted by Crippen LogP contribution is 2.09. The normalized spacial score (nSPS) is 14.1. The van der Waals surface area contributed by atoms with E-state index in [0.717, 1.165) is 0 Å². The summed E-state index contributed by atoms with van der Waals surface area (Å²) in [5.41, 5.74) is 2.45. The molecule has 60 valence electrons. The molecule has 0 aliphatic heterocycles. The fourth-order valence-electron chi connectivity index (χ4n) is 0.843. The van der Waals surface area contributed by atoms with Crippen molar-refractivity contribution in [1.82, 2.24) is 0 Å². The second-order valence-corrected chi connectivity index (χ2v) is 2.32. The van der Waals surface area contributed by atoms with Crippen LogP contribution < -0.4 is 0 Å². The average molecular weight is 148 g/mol. The van der Waals surface area contributed by atoms with Crippen molar-refractivity contribution in [3.05, 3.63) is 48.1 Å². The Hall–Kier alpha value is -1.04. The second kappa shape index (κ2) is 5.72. The van der Waals surface area contributed by atoms with E-state index in [2.05, 4.69) is 25.7 Å². The van der Waals surface area contributed by atoms with Crippen LogP contribution in [0.2, 0.25) is 0 Å². The van der Waals surface area contributed by atoms with E-state index >= 15 is 0 Å². The van der Waals surface area contributed by atoms with E-state index in [0.29, 0.717) is 0 Å². The van der Waals surface area contributed by atoms with Gasteiger partial charge in [0.25, 0.3) is 0 Å². The van der Waals surface area contributed by atoms with Gasteiger partial charge in [-0.05, 0) is 31.9 Å². The molecule has 0 rings (SSSR count). The largest absolute Gasteiger partial charge is 0.0985 e. The van der Waals surface area contributed by atoms with Crippen LogP contribution in [0.1, 0.15) is 20.8 Å². The van der Waals surface area contributed by atoms with Crippen LogP contribution in [0.15, 0.2) is 48.1 Å². The molecule has 0 fully saturated rings. The summed E-state index contributed by atoms with van der Waals surface area (Å²) < 4.78 is 0. The molecule has 0 heteroatoms. The third-order valence-electron chi connectivity index (χ3n) is 1.52. The van der Waals surface area contributed by atoms with Crippen molar-refractivity contribution in [2.75, 3.05) is 0 Å². The van der Waals surface area contributed by atoms with Crippen molar-refractivity contribution < 1.29 is 0 Å². The van der Waals surface area contributed by atoms with Crippen molar-refractivity contribution in [1.29, 1.82) is 0 Å². The van der Waals surface area contributed by atoms with Gasteiger partial charge >= 0.3 is 0 Å². The van der Waals surface area contributed by atoms with Gasteiger partial charge in [0.2, 0.25) is 0 Å². The number of hydrogen-bond acceptors (Lipinski definition) is 0. The van der Waals surface area contributed by atoms with Gasteiger partial charge in [0.05, 0.1) is 0 Å². The molecule has 0 aliphatic rings. The van der Waals surface area contributed by atoms with Crippen LogP contribution in [0, 0.1) is 0 Å². The minimum atomic E-state index is 1.20. The van der Waals surface area contributed by atoms with Crippen LogP contribution in [0.25, 0.3) is 0 Å². The van der Waals surface area contributed by atoms with Gasteiger partial charge < -0.3 is 0 Å². The molecular weight excluding hydrogens is 132 g/mol. The predicted molar refractivity (Wildman–Crippen MR) is 52.5 cm³/mol. The highest BCUT2D eigenvalue weighted by molar-refractivity contribution is 5.38. The first-order valence-corrected chi connectivity index (χ1v) is 3.85. The zero-order chi connectivity index (χ0) is 8.69. The molecule has 0 aromatic rings. The summed E-state index contributed by atoms with van der Waals surface area (Å²) in [7, 11) is 0. The highest BCUT2D eigenvalue weighted by Gasteiger charge is 1.89. The van der Waals surface area contributed by atoms with Crippen LogP contribution in [0.4, 0.5) is 0 Å². The molecule has 0 aromatic carbocycles. The van der Waals surface area contributed by atoms with E-state index in [-0.39, 0.29) is 0 Å². The van der Waals surface area contributed by atoms with Crippen molar-refractivity contribution in [2.24, 2.45) is 0 Å². The van der Waals surface area contributed by atoms with E-state index in [1.165, 1.54) is 11.1 Å².